The van der Waals surface area contributed by atoms with Gasteiger partial charge in [-0.2, -0.15) is 0 Å². The minimum Gasteiger partial charge on any atom is -0.327 e. The van der Waals surface area contributed by atoms with Crippen LogP contribution in [0.5, 0.6) is 0 Å². The van der Waals surface area contributed by atoms with Crippen LogP contribution in [0.3, 0.4) is 0 Å². The van der Waals surface area contributed by atoms with E-state index in [2.05, 4.69) is 27.0 Å². The number of thiazole rings is 1. The lowest BCUT2D eigenvalue weighted by molar-refractivity contribution is -0.116. The number of amides is 1. The molecule has 3 aromatic carbocycles. The van der Waals surface area contributed by atoms with Crippen LogP contribution < -0.4 is 5.32 Å². The van der Waals surface area contributed by atoms with Crippen LogP contribution >= 0.6 is 11.3 Å². The highest BCUT2D eigenvalue weighted by atomic mass is 32.1. The zero-order chi connectivity index (χ0) is 20.5. The molecule has 5 nitrogen and oxygen atoms in total. The van der Waals surface area contributed by atoms with Gasteiger partial charge in [0, 0.05) is 31.1 Å². The molecule has 0 atom stereocenters. The van der Waals surface area contributed by atoms with Crippen LogP contribution in [-0.4, -0.2) is 20.4 Å². The Balaban J connectivity index is 1.25. The van der Waals surface area contributed by atoms with Crippen molar-refractivity contribution in [2.24, 2.45) is 7.05 Å². The number of para-hydroxylation sites is 3. The van der Waals surface area contributed by atoms with Crippen LogP contribution in [0.1, 0.15) is 11.4 Å². The van der Waals surface area contributed by atoms with Gasteiger partial charge in [-0.1, -0.05) is 24.3 Å². The van der Waals surface area contributed by atoms with Crippen LogP contribution in [0.4, 0.5) is 5.69 Å². The summed E-state index contributed by atoms with van der Waals surface area (Å²) in [6.45, 7) is 0. The molecule has 0 aliphatic heterocycles. The van der Waals surface area contributed by atoms with Crippen molar-refractivity contribution in [2.45, 2.75) is 12.8 Å². The van der Waals surface area contributed by atoms with Crippen molar-refractivity contribution in [2.75, 3.05) is 5.32 Å². The van der Waals surface area contributed by atoms with Crippen molar-refractivity contribution in [1.29, 1.82) is 0 Å². The zero-order valence-corrected chi connectivity index (χ0v) is 17.3. The van der Waals surface area contributed by atoms with Gasteiger partial charge in [-0.3, -0.25) is 4.79 Å². The number of imidazole rings is 1. The Morgan fingerprint density at radius 1 is 0.933 bits per heavy atom. The third-order valence-electron chi connectivity index (χ3n) is 5.12. The number of carbonyl (C=O) groups excluding carboxylic acids is 1. The number of anilines is 1. The van der Waals surface area contributed by atoms with Crippen molar-refractivity contribution in [3.63, 3.8) is 0 Å². The van der Waals surface area contributed by atoms with Gasteiger partial charge >= 0.3 is 0 Å². The molecule has 0 aliphatic rings. The van der Waals surface area contributed by atoms with E-state index >= 15 is 0 Å². The van der Waals surface area contributed by atoms with Crippen molar-refractivity contribution in [3.8, 4) is 11.4 Å². The lowest BCUT2D eigenvalue weighted by Crippen LogP contribution is -2.12. The lowest BCUT2D eigenvalue weighted by Gasteiger charge is -2.07. The average Bonchev–Trinajstić information content (AvgIpc) is 3.34. The molecule has 148 valence electrons. The maximum absolute atomic E-state index is 12.4. The molecule has 5 rings (SSSR count). The van der Waals surface area contributed by atoms with Gasteiger partial charge in [-0.05, 0) is 48.5 Å². The quantitative estimate of drug-likeness (QED) is 0.419. The summed E-state index contributed by atoms with van der Waals surface area (Å²) in [6, 6.07) is 24.0. The highest BCUT2D eigenvalue weighted by molar-refractivity contribution is 7.18. The fourth-order valence-corrected chi connectivity index (χ4v) is 4.54. The Morgan fingerprint density at radius 3 is 2.43 bits per heavy atom. The number of hydrogen-bond donors (Lipinski definition) is 1. The molecule has 6 heteroatoms. The van der Waals surface area contributed by atoms with E-state index in [0.29, 0.717) is 12.8 Å². The number of hydrogen-bond acceptors (Lipinski definition) is 4. The molecule has 5 aromatic rings. The minimum atomic E-state index is -0.00950. The van der Waals surface area contributed by atoms with Gasteiger partial charge < -0.3 is 9.88 Å². The summed E-state index contributed by atoms with van der Waals surface area (Å²) in [5.74, 6) is 0.898. The Hall–Kier alpha value is -3.51. The van der Waals surface area contributed by atoms with Crippen LogP contribution in [0.25, 0.3) is 32.6 Å². The third kappa shape index (κ3) is 3.57. The molecular formula is C24H20N4OS. The molecule has 2 heterocycles. The highest BCUT2D eigenvalue weighted by Crippen LogP contribution is 2.25. The first-order chi connectivity index (χ1) is 14.7. The number of nitrogens with one attached hydrogen (secondary N) is 1. The first-order valence-electron chi connectivity index (χ1n) is 9.83. The smallest absolute Gasteiger partial charge is 0.224 e. The normalized spacial score (nSPS) is 11.2. The van der Waals surface area contributed by atoms with Gasteiger partial charge in [0.15, 0.2) is 0 Å². The summed E-state index contributed by atoms with van der Waals surface area (Å²) in [7, 11) is 2.02. The SMILES string of the molecule is Cn1c(-c2ccc(NC(=O)CCc3nc4ccccc4s3)cc2)nc2ccccc21. The second-order valence-corrected chi connectivity index (χ2v) is 8.30. The maximum Gasteiger partial charge on any atom is 0.224 e. The first-order valence-corrected chi connectivity index (χ1v) is 10.7. The molecule has 0 saturated carbocycles. The van der Waals surface area contributed by atoms with Crippen molar-refractivity contribution in [3.05, 3.63) is 77.8 Å². The molecule has 0 fully saturated rings. The van der Waals surface area contributed by atoms with Crippen LogP contribution in [0.2, 0.25) is 0 Å². The summed E-state index contributed by atoms with van der Waals surface area (Å²) in [5.41, 5.74) is 4.87. The Kier molecular flexibility index (Phi) is 4.77. The van der Waals surface area contributed by atoms with E-state index in [0.717, 1.165) is 43.3 Å². The zero-order valence-electron chi connectivity index (χ0n) is 16.5. The minimum absolute atomic E-state index is 0.00950. The second kappa shape index (κ2) is 7.72. The van der Waals surface area contributed by atoms with Crippen LogP contribution in [0.15, 0.2) is 72.8 Å². The summed E-state index contributed by atoms with van der Waals surface area (Å²) in [4.78, 5) is 21.7. The predicted molar refractivity (Wildman–Crippen MR) is 123 cm³/mol. The summed E-state index contributed by atoms with van der Waals surface area (Å²) >= 11 is 1.65. The Morgan fingerprint density at radius 2 is 1.67 bits per heavy atom. The number of aromatic nitrogens is 3. The number of rotatable bonds is 5. The number of fused-ring (bicyclic) bond motifs is 2. The molecule has 0 bridgehead atoms. The van der Waals surface area contributed by atoms with E-state index in [4.69, 9.17) is 4.98 Å². The standard InChI is InChI=1S/C24H20N4OS/c1-28-20-8-4-2-6-18(20)27-24(28)16-10-12-17(13-11-16)25-22(29)14-15-23-26-19-7-3-5-9-21(19)30-23/h2-13H,14-15H2,1H3,(H,25,29). The molecule has 0 saturated heterocycles. The van der Waals surface area contributed by atoms with E-state index < -0.39 is 0 Å². The third-order valence-corrected chi connectivity index (χ3v) is 6.21. The van der Waals surface area contributed by atoms with Gasteiger partial charge in [0.1, 0.15) is 5.82 Å². The molecular weight excluding hydrogens is 392 g/mol. The van der Waals surface area contributed by atoms with E-state index in [1.165, 1.54) is 0 Å². The topological polar surface area (TPSA) is 59.8 Å². The fraction of sp³-hybridized carbons (Fsp3) is 0.125. The van der Waals surface area contributed by atoms with Gasteiger partial charge in [0.2, 0.25) is 5.91 Å². The lowest BCUT2D eigenvalue weighted by atomic mass is 10.2. The highest BCUT2D eigenvalue weighted by Gasteiger charge is 2.10. The molecule has 0 aliphatic carbocycles. The maximum atomic E-state index is 12.4. The average molecular weight is 413 g/mol. The molecule has 1 N–H and O–H groups in total. The summed E-state index contributed by atoms with van der Waals surface area (Å²) in [5, 5.41) is 3.97. The summed E-state index contributed by atoms with van der Waals surface area (Å²) < 4.78 is 3.24. The molecule has 30 heavy (non-hydrogen) atoms. The van der Waals surface area contributed by atoms with Gasteiger partial charge in [-0.25, -0.2) is 9.97 Å². The van der Waals surface area contributed by atoms with Crippen molar-refractivity contribution < 1.29 is 4.79 Å². The van der Waals surface area contributed by atoms with Crippen LogP contribution in [-0.2, 0) is 18.3 Å². The molecule has 1 amide bonds. The first kappa shape index (κ1) is 18.5. The second-order valence-electron chi connectivity index (χ2n) is 7.18. The molecule has 0 unspecified atom stereocenters. The fourth-order valence-electron chi connectivity index (χ4n) is 3.58. The number of carbonyl (C=O) groups is 1. The Labute approximate surface area is 178 Å². The van der Waals surface area contributed by atoms with Gasteiger partial charge in [-0.15, -0.1) is 11.3 Å². The molecule has 0 spiro atoms. The van der Waals surface area contributed by atoms with Crippen LogP contribution in [0, 0.1) is 0 Å². The molecule has 2 aromatic heterocycles. The van der Waals surface area contributed by atoms with E-state index in [-0.39, 0.29) is 5.91 Å². The predicted octanol–water partition coefficient (Wildman–Crippen LogP) is 5.42. The Bertz CT molecular complexity index is 1320. The molecule has 0 radical (unpaired) electrons. The van der Waals surface area contributed by atoms with Crippen molar-refractivity contribution in [1.82, 2.24) is 14.5 Å². The van der Waals surface area contributed by atoms with E-state index in [1.807, 2.05) is 67.7 Å². The number of nitrogens with zero attached hydrogens (tertiary/aromatic N) is 3. The van der Waals surface area contributed by atoms with Gasteiger partial charge in [0.05, 0.1) is 26.3 Å². The number of aryl methyl sites for hydroxylation is 2. The largest absolute Gasteiger partial charge is 0.327 e. The summed E-state index contributed by atoms with van der Waals surface area (Å²) in [6.07, 6.45) is 1.05. The van der Waals surface area contributed by atoms with E-state index in [1.54, 1.807) is 11.3 Å². The van der Waals surface area contributed by atoms with Gasteiger partial charge in [0.25, 0.3) is 0 Å². The van der Waals surface area contributed by atoms with E-state index in [9.17, 15) is 4.79 Å². The number of benzene rings is 3. The van der Waals surface area contributed by atoms with Crippen molar-refractivity contribution >= 4 is 44.2 Å². The monoisotopic (exact) mass is 412 g/mol.